The van der Waals surface area contributed by atoms with E-state index in [1.807, 2.05) is 6.07 Å². The summed E-state index contributed by atoms with van der Waals surface area (Å²) in [5.41, 5.74) is 1.32. The van der Waals surface area contributed by atoms with Crippen LogP contribution in [0.25, 0.3) is 0 Å². The number of alkyl halides is 1. The summed E-state index contributed by atoms with van der Waals surface area (Å²) in [5.74, 6) is -1.38. The van der Waals surface area contributed by atoms with Gasteiger partial charge in [0.25, 0.3) is 5.91 Å². The van der Waals surface area contributed by atoms with Gasteiger partial charge in [-0.25, -0.2) is 4.39 Å². The van der Waals surface area contributed by atoms with Crippen molar-refractivity contribution >= 4 is 29.1 Å². The molecule has 3 unspecified atom stereocenters. The van der Waals surface area contributed by atoms with Crippen molar-refractivity contribution in [3.05, 3.63) is 87.7 Å². The number of halogens is 3. The van der Waals surface area contributed by atoms with Crippen LogP contribution in [0.2, 0.25) is 10.0 Å². The highest BCUT2D eigenvalue weighted by Gasteiger charge is 2.26. The molecule has 1 aliphatic carbocycles. The van der Waals surface area contributed by atoms with E-state index in [1.54, 1.807) is 42.6 Å². The Morgan fingerprint density at radius 2 is 2.00 bits per heavy atom. The molecule has 0 spiro atoms. The number of pyridine rings is 1. The van der Waals surface area contributed by atoms with Crippen molar-refractivity contribution in [3.63, 3.8) is 0 Å². The standard InChI is InChI=1S/C20H14Cl2FN3O/c21-15-7-5-12(6-8-15)18(19-16(22)2-1-9-25-19)26-20(27)13-3-4-14(11-24)17(23)10-13/h1-10,14,17-18H,(H,26,27). The molecule has 0 bridgehead atoms. The molecular weight excluding hydrogens is 388 g/mol. The van der Waals surface area contributed by atoms with E-state index in [-0.39, 0.29) is 5.57 Å². The fraction of sp³-hybridized carbons (Fsp3) is 0.150. The van der Waals surface area contributed by atoms with Crippen LogP contribution in [0.5, 0.6) is 0 Å². The Balaban J connectivity index is 1.92. The highest BCUT2D eigenvalue weighted by Crippen LogP contribution is 2.28. The summed E-state index contributed by atoms with van der Waals surface area (Å²) in [6, 6.07) is 11.5. The molecule has 27 heavy (non-hydrogen) atoms. The number of carbonyl (C=O) groups is 1. The lowest BCUT2D eigenvalue weighted by Gasteiger charge is -2.21. The van der Waals surface area contributed by atoms with E-state index in [1.165, 1.54) is 12.2 Å². The van der Waals surface area contributed by atoms with Crippen molar-refractivity contribution < 1.29 is 9.18 Å². The maximum Gasteiger partial charge on any atom is 0.251 e. The van der Waals surface area contributed by atoms with E-state index < -0.39 is 24.0 Å². The van der Waals surface area contributed by atoms with Crippen LogP contribution in [0, 0.1) is 17.2 Å². The number of rotatable bonds is 4. The van der Waals surface area contributed by atoms with Crippen molar-refractivity contribution in [3.8, 4) is 6.07 Å². The van der Waals surface area contributed by atoms with Crippen molar-refractivity contribution in [2.24, 2.45) is 5.92 Å². The molecule has 0 fully saturated rings. The first-order chi connectivity index (χ1) is 13.0. The van der Waals surface area contributed by atoms with Gasteiger partial charge >= 0.3 is 0 Å². The zero-order valence-electron chi connectivity index (χ0n) is 13.9. The normalized spacial score (nSPS) is 19.7. The predicted octanol–water partition coefficient (Wildman–Crippen LogP) is 4.57. The topological polar surface area (TPSA) is 65.8 Å². The number of benzene rings is 1. The minimum Gasteiger partial charge on any atom is -0.339 e. The van der Waals surface area contributed by atoms with Gasteiger partial charge in [0.1, 0.15) is 6.17 Å². The van der Waals surface area contributed by atoms with Crippen molar-refractivity contribution in [2.45, 2.75) is 12.2 Å². The number of amides is 1. The summed E-state index contributed by atoms with van der Waals surface area (Å²) in [4.78, 5) is 17.0. The summed E-state index contributed by atoms with van der Waals surface area (Å²) < 4.78 is 14.0. The molecule has 0 radical (unpaired) electrons. The van der Waals surface area contributed by atoms with E-state index in [0.717, 1.165) is 11.6 Å². The molecule has 1 N–H and O–H groups in total. The van der Waals surface area contributed by atoms with Crippen LogP contribution in [-0.2, 0) is 4.79 Å². The van der Waals surface area contributed by atoms with Gasteiger partial charge in [0.05, 0.1) is 28.7 Å². The minimum atomic E-state index is -1.53. The van der Waals surface area contributed by atoms with E-state index in [4.69, 9.17) is 28.5 Å². The number of allylic oxidation sites excluding steroid dienone is 2. The monoisotopic (exact) mass is 401 g/mol. The van der Waals surface area contributed by atoms with Crippen LogP contribution in [0.1, 0.15) is 17.3 Å². The lowest BCUT2D eigenvalue weighted by atomic mass is 9.95. The molecule has 3 rings (SSSR count). The molecule has 2 aromatic rings. The second kappa shape index (κ2) is 8.34. The highest BCUT2D eigenvalue weighted by molar-refractivity contribution is 6.31. The molecule has 7 heteroatoms. The SMILES string of the molecule is N#CC1C=CC(C(=O)NC(c2ccc(Cl)cc2)c2ncccc2Cl)=CC1F. The van der Waals surface area contributed by atoms with E-state index in [0.29, 0.717) is 15.7 Å². The quantitative estimate of drug-likeness (QED) is 0.815. The Kier molecular flexibility index (Phi) is 5.90. The predicted molar refractivity (Wildman–Crippen MR) is 102 cm³/mol. The molecule has 0 saturated heterocycles. The fourth-order valence-electron chi connectivity index (χ4n) is 2.70. The van der Waals surface area contributed by atoms with Crippen LogP contribution in [0.3, 0.4) is 0 Å². The summed E-state index contributed by atoms with van der Waals surface area (Å²) >= 11 is 12.2. The largest absolute Gasteiger partial charge is 0.339 e. The minimum absolute atomic E-state index is 0.139. The second-order valence-corrected chi connectivity index (χ2v) is 6.75. The summed E-state index contributed by atoms with van der Waals surface area (Å²) in [5, 5.41) is 12.7. The number of nitrogens with one attached hydrogen (secondary N) is 1. The third kappa shape index (κ3) is 4.36. The Bertz CT molecular complexity index is 950. The van der Waals surface area contributed by atoms with Crippen LogP contribution < -0.4 is 5.32 Å². The first-order valence-electron chi connectivity index (χ1n) is 8.10. The van der Waals surface area contributed by atoms with Gasteiger partial charge in [-0.1, -0.05) is 47.5 Å². The molecule has 1 heterocycles. The Labute approximate surface area is 165 Å². The lowest BCUT2D eigenvalue weighted by Crippen LogP contribution is -2.32. The molecule has 1 amide bonds. The van der Waals surface area contributed by atoms with Gasteiger partial charge in [-0.3, -0.25) is 9.78 Å². The van der Waals surface area contributed by atoms with E-state index in [2.05, 4.69) is 10.3 Å². The Hall–Kier alpha value is -2.68. The number of nitrogens with zero attached hydrogens (tertiary/aromatic N) is 2. The zero-order chi connectivity index (χ0) is 19.4. The van der Waals surface area contributed by atoms with Gasteiger partial charge in [-0.05, 0) is 35.9 Å². The molecule has 0 aliphatic heterocycles. The maximum atomic E-state index is 14.0. The molecule has 4 nitrogen and oxygen atoms in total. The van der Waals surface area contributed by atoms with Gasteiger partial charge in [0.2, 0.25) is 0 Å². The smallest absolute Gasteiger partial charge is 0.251 e. The molecule has 1 aromatic heterocycles. The molecule has 136 valence electrons. The van der Waals surface area contributed by atoms with Gasteiger partial charge in [0.15, 0.2) is 0 Å². The van der Waals surface area contributed by atoms with Gasteiger partial charge in [0, 0.05) is 16.8 Å². The van der Waals surface area contributed by atoms with Gasteiger partial charge in [-0.15, -0.1) is 0 Å². The molecule has 3 atom stereocenters. The lowest BCUT2D eigenvalue weighted by molar-refractivity contribution is -0.117. The first-order valence-corrected chi connectivity index (χ1v) is 8.85. The Morgan fingerprint density at radius 1 is 1.26 bits per heavy atom. The average molecular weight is 402 g/mol. The van der Waals surface area contributed by atoms with Crippen LogP contribution >= 0.6 is 23.2 Å². The van der Waals surface area contributed by atoms with Crippen LogP contribution in [0.4, 0.5) is 4.39 Å². The number of carbonyl (C=O) groups excluding carboxylic acids is 1. The maximum absolute atomic E-state index is 14.0. The Morgan fingerprint density at radius 3 is 2.63 bits per heavy atom. The first kappa shape index (κ1) is 19.1. The summed E-state index contributed by atoms with van der Waals surface area (Å²) in [6.07, 6.45) is 4.00. The van der Waals surface area contributed by atoms with Crippen molar-refractivity contribution in [1.82, 2.24) is 10.3 Å². The van der Waals surface area contributed by atoms with Crippen LogP contribution in [-0.4, -0.2) is 17.1 Å². The zero-order valence-corrected chi connectivity index (χ0v) is 15.5. The number of hydrogen-bond acceptors (Lipinski definition) is 3. The van der Waals surface area contributed by atoms with E-state index >= 15 is 0 Å². The number of nitriles is 1. The number of hydrogen-bond donors (Lipinski definition) is 1. The highest BCUT2D eigenvalue weighted by atomic mass is 35.5. The van der Waals surface area contributed by atoms with Gasteiger partial charge < -0.3 is 5.32 Å². The van der Waals surface area contributed by atoms with E-state index in [9.17, 15) is 9.18 Å². The van der Waals surface area contributed by atoms with Crippen LogP contribution in [0.15, 0.2) is 66.4 Å². The molecule has 0 saturated carbocycles. The molecule has 1 aromatic carbocycles. The summed E-state index contributed by atoms with van der Waals surface area (Å²) in [6.45, 7) is 0. The molecular formula is C20H14Cl2FN3O. The van der Waals surface area contributed by atoms with Crippen molar-refractivity contribution in [1.29, 1.82) is 5.26 Å². The van der Waals surface area contributed by atoms with Crippen molar-refractivity contribution in [2.75, 3.05) is 0 Å². The number of aromatic nitrogens is 1. The second-order valence-electron chi connectivity index (χ2n) is 5.91. The fourth-order valence-corrected chi connectivity index (χ4v) is 3.06. The van der Waals surface area contributed by atoms with Gasteiger partial charge in [-0.2, -0.15) is 5.26 Å². The molecule has 1 aliphatic rings. The third-order valence-corrected chi connectivity index (χ3v) is 4.69. The third-order valence-electron chi connectivity index (χ3n) is 4.12. The average Bonchev–Trinajstić information content (AvgIpc) is 2.67. The summed E-state index contributed by atoms with van der Waals surface area (Å²) in [7, 11) is 0.